The molecule has 1 unspecified atom stereocenters. The van der Waals surface area contributed by atoms with Gasteiger partial charge in [-0.15, -0.1) is 0 Å². The van der Waals surface area contributed by atoms with Gasteiger partial charge in [0.2, 0.25) is 0 Å². The number of nitrogens with zero attached hydrogens (tertiary/aromatic N) is 4. The van der Waals surface area contributed by atoms with E-state index in [1.165, 1.54) is 17.0 Å². The summed E-state index contributed by atoms with van der Waals surface area (Å²) in [4.78, 5) is 11.2. The molecule has 0 amide bonds. The van der Waals surface area contributed by atoms with Crippen LogP contribution in [0.25, 0.3) is 11.8 Å². The maximum atomic E-state index is 14.4. The van der Waals surface area contributed by atoms with Crippen molar-refractivity contribution in [2.24, 2.45) is 5.16 Å². The Morgan fingerprint density at radius 1 is 1.18 bits per heavy atom. The first-order chi connectivity index (χ1) is 16.4. The maximum absolute atomic E-state index is 14.4. The highest BCUT2D eigenvalue weighted by molar-refractivity contribution is 6.03. The Hall–Kier alpha value is -3.75. The molecule has 3 aromatic rings. The number of piperidine rings is 1. The van der Waals surface area contributed by atoms with Crippen LogP contribution in [-0.4, -0.2) is 40.4 Å². The van der Waals surface area contributed by atoms with E-state index >= 15 is 0 Å². The summed E-state index contributed by atoms with van der Waals surface area (Å²) in [5.74, 6) is 0.510. The third kappa shape index (κ3) is 3.61. The van der Waals surface area contributed by atoms with Gasteiger partial charge in [-0.1, -0.05) is 11.2 Å². The molecule has 2 aromatic carbocycles. The number of hydrogen-bond donors (Lipinski definition) is 0. The molecule has 0 aliphatic carbocycles. The van der Waals surface area contributed by atoms with E-state index in [-0.39, 0.29) is 5.56 Å². The average molecular weight is 468 g/mol. The second-order valence-electron chi connectivity index (χ2n) is 8.29. The molecule has 2 aliphatic heterocycles. The Balaban J connectivity index is 1.49. The van der Waals surface area contributed by atoms with Gasteiger partial charge in [0.1, 0.15) is 11.6 Å². The first-order valence-corrected chi connectivity index (χ1v) is 10.9. The monoisotopic (exact) mass is 468 g/mol. The van der Waals surface area contributed by atoms with Crippen LogP contribution in [0, 0.1) is 12.7 Å². The minimum atomic E-state index is -2.89. The van der Waals surface area contributed by atoms with Gasteiger partial charge in [0.05, 0.1) is 24.8 Å². The maximum Gasteiger partial charge on any atom is 0.303 e. The van der Waals surface area contributed by atoms with Crippen LogP contribution in [0.3, 0.4) is 0 Å². The number of methoxy groups -OCH3 is 1. The largest absolute Gasteiger partial charge is 0.495 e. The molecule has 6 nitrogen and oxygen atoms in total. The average Bonchev–Trinajstić information content (AvgIpc) is 3.44. The molecule has 1 atom stereocenters. The van der Waals surface area contributed by atoms with Gasteiger partial charge in [-0.2, -0.15) is 0 Å². The van der Waals surface area contributed by atoms with Crippen molar-refractivity contribution >= 4 is 11.9 Å². The van der Waals surface area contributed by atoms with E-state index in [4.69, 9.17) is 9.57 Å². The SMILES string of the molecule is COc1cc(C=C2CCCN3C2=NOC3(c2ccc(F)cc2)C(F)F)ccc1-n1cnc(C)c1. The number of halogens is 3. The summed E-state index contributed by atoms with van der Waals surface area (Å²) in [6.45, 7) is 2.26. The van der Waals surface area contributed by atoms with Crippen molar-refractivity contribution in [3.63, 3.8) is 0 Å². The van der Waals surface area contributed by atoms with Crippen LogP contribution in [0.4, 0.5) is 13.2 Å². The summed E-state index contributed by atoms with van der Waals surface area (Å²) >= 11 is 0. The van der Waals surface area contributed by atoms with Gasteiger partial charge in [0, 0.05) is 18.3 Å². The molecule has 0 saturated carbocycles. The molecule has 2 aliphatic rings. The van der Waals surface area contributed by atoms with Gasteiger partial charge in [0.15, 0.2) is 5.84 Å². The lowest BCUT2D eigenvalue weighted by molar-refractivity contribution is -0.194. The summed E-state index contributed by atoms with van der Waals surface area (Å²) in [7, 11) is 1.59. The van der Waals surface area contributed by atoms with Crippen molar-refractivity contribution in [1.29, 1.82) is 0 Å². The van der Waals surface area contributed by atoms with Crippen LogP contribution in [0.5, 0.6) is 5.75 Å². The number of imidazole rings is 1. The van der Waals surface area contributed by atoms with E-state index in [2.05, 4.69) is 10.1 Å². The van der Waals surface area contributed by atoms with Crippen LogP contribution >= 0.6 is 0 Å². The van der Waals surface area contributed by atoms with E-state index < -0.39 is 18.0 Å². The molecule has 34 heavy (non-hydrogen) atoms. The van der Waals surface area contributed by atoms with E-state index in [1.807, 2.05) is 42.0 Å². The highest BCUT2D eigenvalue weighted by Crippen LogP contribution is 2.44. The van der Waals surface area contributed by atoms with E-state index in [9.17, 15) is 13.2 Å². The second-order valence-corrected chi connectivity index (χ2v) is 8.29. The fourth-order valence-electron chi connectivity index (χ4n) is 4.48. The van der Waals surface area contributed by atoms with Crippen molar-refractivity contribution in [1.82, 2.24) is 14.5 Å². The first-order valence-electron chi connectivity index (χ1n) is 10.9. The zero-order valence-electron chi connectivity index (χ0n) is 18.7. The normalized spacial score (nSPS) is 20.9. The highest BCUT2D eigenvalue weighted by atomic mass is 19.3. The number of rotatable bonds is 5. The Kier molecular flexibility index (Phi) is 5.55. The van der Waals surface area contributed by atoms with Crippen molar-refractivity contribution in [3.05, 3.63) is 83.2 Å². The number of ether oxygens (including phenoxy) is 1. The number of hydrogen-bond acceptors (Lipinski definition) is 5. The molecule has 9 heteroatoms. The van der Waals surface area contributed by atoms with E-state index in [0.29, 0.717) is 31.0 Å². The Morgan fingerprint density at radius 2 is 1.97 bits per heavy atom. The van der Waals surface area contributed by atoms with Crippen LogP contribution in [-0.2, 0) is 10.6 Å². The predicted octanol–water partition coefficient (Wildman–Crippen LogP) is 5.27. The summed E-state index contributed by atoms with van der Waals surface area (Å²) in [6.07, 6.45) is 3.94. The summed E-state index contributed by atoms with van der Waals surface area (Å²) in [5, 5.41) is 4.08. The highest BCUT2D eigenvalue weighted by Gasteiger charge is 2.56. The molecular weight excluding hydrogens is 445 g/mol. The number of aromatic nitrogens is 2. The van der Waals surface area contributed by atoms with Crippen LogP contribution in [0.15, 0.2) is 65.7 Å². The molecule has 1 aromatic heterocycles. The van der Waals surface area contributed by atoms with Gasteiger partial charge < -0.3 is 19.0 Å². The van der Waals surface area contributed by atoms with Crippen molar-refractivity contribution in [2.45, 2.75) is 31.9 Å². The van der Waals surface area contributed by atoms with Gasteiger partial charge >= 0.3 is 6.43 Å². The summed E-state index contributed by atoms with van der Waals surface area (Å²) in [6, 6.07) is 10.7. The van der Waals surface area contributed by atoms with Crippen LogP contribution < -0.4 is 4.74 Å². The third-order valence-electron chi connectivity index (χ3n) is 6.13. The van der Waals surface area contributed by atoms with Crippen LogP contribution in [0.2, 0.25) is 0 Å². The quantitative estimate of drug-likeness (QED) is 0.512. The lowest BCUT2D eigenvalue weighted by atomic mass is 9.94. The minimum Gasteiger partial charge on any atom is -0.495 e. The van der Waals surface area contributed by atoms with Crippen LogP contribution in [0.1, 0.15) is 29.7 Å². The number of oxime groups is 1. The lowest BCUT2D eigenvalue weighted by Crippen LogP contribution is -2.53. The molecule has 0 spiro atoms. The molecule has 1 fully saturated rings. The number of alkyl halides is 2. The second kappa shape index (κ2) is 8.55. The molecule has 5 rings (SSSR count). The molecule has 176 valence electrons. The Labute approximate surface area is 194 Å². The fraction of sp³-hybridized carbons (Fsp3) is 0.280. The van der Waals surface area contributed by atoms with Crippen molar-refractivity contribution in [2.75, 3.05) is 13.7 Å². The molecule has 0 bridgehead atoms. The summed E-state index contributed by atoms with van der Waals surface area (Å²) in [5.41, 5.74) is 1.43. The lowest BCUT2D eigenvalue weighted by Gasteiger charge is -2.39. The van der Waals surface area contributed by atoms with Gasteiger partial charge in [-0.05, 0) is 73.4 Å². The Morgan fingerprint density at radius 3 is 2.65 bits per heavy atom. The summed E-state index contributed by atoms with van der Waals surface area (Å²) < 4.78 is 49.8. The first kappa shape index (κ1) is 22.1. The minimum absolute atomic E-state index is 0.158. The Bertz CT molecular complexity index is 1270. The molecular formula is C25H23F3N4O2. The standard InChI is InChI=1S/C25H23F3N4O2/c1-16-14-31(15-29-16)21-10-5-17(13-22(21)33-2)12-18-4-3-11-32-23(18)30-34-25(32,24(27)28)19-6-8-20(26)9-7-19/h5-10,12-15,24H,3-4,11H2,1-2H3. The number of fused-ring (bicyclic) bond motifs is 1. The molecule has 0 radical (unpaired) electrons. The number of aryl methyl sites for hydroxylation is 1. The molecule has 0 N–H and O–H groups in total. The third-order valence-corrected chi connectivity index (χ3v) is 6.13. The zero-order chi connectivity index (χ0) is 23.9. The van der Waals surface area contributed by atoms with E-state index in [0.717, 1.165) is 34.7 Å². The van der Waals surface area contributed by atoms with Crippen molar-refractivity contribution < 1.29 is 22.7 Å². The van der Waals surface area contributed by atoms with Gasteiger partial charge in [-0.3, -0.25) is 0 Å². The predicted molar refractivity (Wildman–Crippen MR) is 121 cm³/mol. The zero-order valence-corrected chi connectivity index (χ0v) is 18.7. The smallest absolute Gasteiger partial charge is 0.303 e. The number of benzene rings is 2. The molecule has 3 heterocycles. The van der Waals surface area contributed by atoms with E-state index in [1.54, 1.807) is 13.4 Å². The number of amidine groups is 1. The van der Waals surface area contributed by atoms with Crippen molar-refractivity contribution in [3.8, 4) is 11.4 Å². The topological polar surface area (TPSA) is 51.9 Å². The van der Waals surface area contributed by atoms with Gasteiger partial charge in [0.25, 0.3) is 5.72 Å². The van der Waals surface area contributed by atoms with Gasteiger partial charge in [-0.25, -0.2) is 18.2 Å². The fourth-order valence-corrected chi connectivity index (χ4v) is 4.48. The molecule has 1 saturated heterocycles.